The zero-order valence-electron chi connectivity index (χ0n) is 11.6. The van der Waals surface area contributed by atoms with Crippen LogP contribution >= 0.6 is 28.1 Å². The molecule has 2 aromatic rings. The van der Waals surface area contributed by atoms with E-state index in [1.54, 1.807) is 6.07 Å². The van der Waals surface area contributed by atoms with Gasteiger partial charge in [0.25, 0.3) is 6.04 Å². The van der Waals surface area contributed by atoms with Gasteiger partial charge in [-0.15, -0.1) is 0 Å². The summed E-state index contributed by atoms with van der Waals surface area (Å²) in [6.45, 7) is 2.65. The van der Waals surface area contributed by atoms with E-state index in [2.05, 4.69) is 21.2 Å². The van der Waals surface area contributed by atoms with Crippen LogP contribution in [-0.4, -0.2) is 17.3 Å². The number of pyridine rings is 1. The Hall–Kier alpha value is -1.59. The van der Waals surface area contributed by atoms with Gasteiger partial charge >= 0.3 is 0 Å². The van der Waals surface area contributed by atoms with E-state index in [1.165, 1.54) is 0 Å². The molecule has 1 aromatic carbocycles. The summed E-state index contributed by atoms with van der Waals surface area (Å²) in [7, 11) is 0. The Labute approximate surface area is 138 Å². The van der Waals surface area contributed by atoms with Gasteiger partial charge in [0.05, 0.1) is 0 Å². The van der Waals surface area contributed by atoms with E-state index in [4.69, 9.17) is 12.2 Å². The number of halogens is 1. The molecular formula is C16H16BrN2OS+. The number of rotatable bonds is 5. The molecular weight excluding hydrogens is 348 g/mol. The van der Waals surface area contributed by atoms with Crippen LogP contribution in [0.2, 0.25) is 0 Å². The van der Waals surface area contributed by atoms with Crippen LogP contribution in [0.4, 0.5) is 0 Å². The number of benzene rings is 1. The average Bonchev–Trinajstić information content (AvgIpc) is 2.49. The van der Waals surface area contributed by atoms with Crippen LogP contribution in [0.25, 0.3) is 0 Å². The highest BCUT2D eigenvalue weighted by atomic mass is 79.9. The normalized spacial score (nSPS) is 11.7. The van der Waals surface area contributed by atoms with Crippen LogP contribution in [-0.2, 0) is 0 Å². The lowest BCUT2D eigenvalue weighted by Crippen LogP contribution is -2.51. The molecule has 0 aliphatic heterocycles. The van der Waals surface area contributed by atoms with Gasteiger partial charge in [0.2, 0.25) is 5.78 Å². The van der Waals surface area contributed by atoms with E-state index < -0.39 is 6.04 Å². The Kier molecular flexibility index (Phi) is 5.59. The highest BCUT2D eigenvalue weighted by Crippen LogP contribution is 2.20. The highest BCUT2D eigenvalue weighted by molar-refractivity contribution is 9.10. The average molecular weight is 364 g/mol. The lowest BCUT2D eigenvalue weighted by molar-refractivity contribution is -0.692. The van der Waals surface area contributed by atoms with E-state index in [9.17, 15) is 4.79 Å². The third-order valence-electron chi connectivity index (χ3n) is 3.02. The minimum absolute atomic E-state index is 0.0374. The van der Waals surface area contributed by atoms with Gasteiger partial charge < -0.3 is 5.32 Å². The number of hydrogen-bond donors (Lipinski definition) is 1. The molecule has 0 radical (unpaired) electrons. The van der Waals surface area contributed by atoms with Crippen LogP contribution in [0.1, 0.15) is 23.3 Å². The first kappa shape index (κ1) is 15.8. The molecule has 0 bridgehead atoms. The Morgan fingerprint density at radius 3 is 2.52 bits per heavy atom. The van der Waals surface area contributed by atoms with Crippen molar-refractivity contribution in [2.45, 2.75) is 13.0 Å². The van der Waals surface area contributed by atoms with E-state index in [0.717, 1.165) is 4.47 Å². The minimum atomic E-state index is -0.542. The summed E-state index contributed by atoms with van der Waals surface area (Å²) in [5, 5.41) is 3.09. The lowest BCUT2D eigenvalue weighted by atomic mass is 10.0. The van der Waals surface area contributed by atoms with Gasteiger partial charge in [0.15, 0.2) is 17.4 Å². The molecule has 0 saturated carbocycles. The molecule has 1 N–H and O–H groups in total. The zero-order chi connectivity index (χ0) is 15.2. The van der Waals surface area contributed by atoms with E-state index in [-0.39, 0.29) is 5.78 Å². The number of carbonyl (C=O) groups is 1. The molecule has 21 heavy (non-hydrogen) atoms. The minimum Gasteiger partial charge on any atom is -0.374 e. The van der Waals surface area contributed by atoms with Crippen molar-refractivity contribution in [3.05, 3.63) is 64.9 Å². The first-order valence-electron chi connectivity index (χ1n) is 6.67. The summed E-state index contributed by atoms with van der Waals surface area (Å²) >= 11 is 8.84. The Bertz CT molecular complexity index is 646. The number of Topliss-reactive ketones (excluding diaryl/α,β-unsaturated/α-hetero) is 1. The summed E-state index contributed by atoms with van der Waals surface area (Å²) < 4.78 is 2.60. The number of nitrogens with zero attached hydrogens (tertiary/aromatic N) is 1. The van der Waals surface area contributed by atoms with Crippen LogP contribution in [0.15, 0.2) is 59.3 Å². The van der Waals surface area contributed by atoms with Crippen molar-refractivity contribution in [3.63, 3.8) is 0 Å². The maximum Gasteiger partial charge on any atom is 0.270 e. The largest absolute Gasteiger partial charge is 0.374 e. The van der Waals surface area contributed by atoms with Gasteiger partial charge in [0, 0.05) is 28.7 Å². The lowest BCUT2D eigenvalue weighted by Gasteiger charge is -2.14. The maximum atomic E-state index is 12.9. The molecule has 2 rings (SSSR count). The molecule has 3 nitrogen and oxygen atoms in total. The predicted molar refractivity (Wildman–Crippen MR) is 90.4 cm³/mol. The molecule has 0 aliphatic carbocycles. The summed E-state index contributed by atoms with van der Waals surface area (Å²) in [6.07, 6.45) is 3.70. The molecule has 1 atom stereocenters. The Balaban J connectivity index is 2.43. The third kappa shape index (κ3) is 3.74. The molecule has 1 heterocycles. The molecule has 0 spiro atoms. The van der Waals surface area contributed by atoms with Crippen molar-refractivity contribution in [1.82, 2.24) is 5.32 Å². The molecule has 0 saturated heterocycles. The smallest absolute Gasteiger partial charge is 0.270 e. The summed E-state index contributed by atoms with van der Waals surface area (Å²) in [4.78, 5) is 13.4. The summed E-state index contributed by atoms with van der Waals surface area (Å²) in [5.41, 5.74) is 0.624. The quantitative estimate of drug-likeness (QED) is 0.503. The van der Waals surface area contributed by atoms with Crippen molar-refractivity contribution < 1.29 is 9.36 Å². The second-order valence-electron chi connectivity index (χ2n) is 4.46. The molecule has 0 amide bonds. The van der Waals surface area contributed by atoms with E-state index in [0.29, 0.717) is 17.1 Å². The highest BCUT2D eigenvalue weighted by Gasteiger charge is 2.33. The summed E-state index contributed by atoms with van der Waals surface area (Å²) in [5.74, 6) is -0.0374. The molecule has 0 fully saturated rings. The Morgan fingerprint density at radius 1 is 1.24 bits per heavy atom. The van der Waals surface area contributed by atoms with Crippen molar-refractivity contribution in [2.24, 2.45) is 0 Å². The first-order valence-corrected chi connectivity index (χ1v) is 7.87. The standard InChI is InChI=1S/C16H15BrN2OS/c1-2-18-16(21)14(19-10-6-3-7-11-19)15(20)12-8-4-5-9-13(12)17/h3-11,14H,2H2,1H3/p+1. The number of aromatic nitrogens is 1. The van der Waals surface area contributed by atoms with Gasteiger partial charge in [-0.25, -0.2) is 0 Å². The molecule has 108 valence electrons. The van der Waals surface area contributed by atoms with Crippen LogP contribution in [0.5, 0.6) is 0 Å². The fourth-order valence-corrected chi connectivity index (χ4v) is 2.91. The van der Waals surface area contributed by atoms with Crippen LogP contribution in [0.3, 0.4) is 0 Å². The second-order valence-corrected chi connectivity index (χ2v) is 5.76. The third-order valence-corrected chi connectivity index (χ3v) is 4.08. The van der Waals surface area contributed by atoms with Crippen molar-refractivity contribution in [1.29, 1.82) is 0 Å². The van der Waals surface area contributed by atoms with Gasteiger partial charge in [-0.2, -0.15) is 4.57 Å². The van der Waals surface area contributed by atoms with Crippen molar-refractivity contribution in [3.8, 4) is 0 Å². The monoisotopic (exact) mass is 363 g/mol. The molecule has 5 heteroatoms. The van der Waals surface area contributed by atoms with Crippen molar-refractivity contribution >= 4 is 38.9 Å². The fourth-order valence-electron chi connectivity index (χ4n) is 2.05. The van der Waals surface area contributed by atoms with Crippen molar-refractivity contribution in [2.75, 3.05) is 6.54 Å². The number of hydrogen-bond acceptors (Lipinski definition) is 2. The topological polar surface area (TPSA) is 33.0 Å². The second kappa shape index (κ2) is 7.43. The van der Waals surface area contributed by atoms with Gasteiger partial charge in [-0.3, -0.25) is 4.79 Å². The fraction of sp³-hybridized carbons (Fsp3) is 0.188. The number of nitrogens with one attached hydrogen (secondary N) is 1. The van der Waals surface area contributed by atoms with E-state index >= 15 is 0 Å². The van der Waals surface area contributed by atoms with Crippen LogP contribution in [0, 0.1) is 0 Å². The number of thiocarbonyl (C=S) groups is 1. The molecule has 1 aromatic heterocycles. The number of carbonyl (C=O) groups excluding carboxylic acids is 1. The number of ketones is 1. The van der Waals surface area contributed by atoms with E-state index in [1.807, 2.05) is 60.3 Å². The SMILES string of the molecule is CCNC(=S)C(C(=O)c1ccccc1Br)[n+]1ccccc1. The maximum absolute atomic E-state index is 12.9. The van der Waals surface area contributed by atoms with Gasteiger partial charge in [-0.1, -0.05) is 46.3 Å². The predicted octanol–water partition coefficient (Wildman–Crippen LogP) is 3.10. The van der Waals surface area contributed by atoms with Gasteiger partial charge in [0.1, 0.15) is 0 Å². The summed E-state index contributed by atoms with van der Waals surface area (Å²) in [6, 6.07) is 12.5. The van der Waals surface area contributed by atoms with Crippen LogP contribution < -0.4 is 9.88 Å². The van der Waals surface area contributed by atoms with Gasteiger partial charge in [-0.05, 0) is 19.1 Å². The zero-order valence-corrected chi connectivity index (χ0v) is 14.0. The Morgan fingerprint density at radius 2 is 1.90 bits per heavy atom. The first-order chi connectivity index (χ1) is 10.1. The molecule has 1 unspecified atom stereocenters. The number of likely N-dealkylation sites (N-methyl/N-ethyl adjacent to an activating group) is 1. The molecule has 0 aliphatic rings.